The minimum atomic E-state index is -0.609. The third kappa shape index (κ3) is 3.17. The zero-order valence-corrected chi connectivity index (χ0v) is 10.3. The lowest BCUT2D eigenvalue weighted by Crippen LogP contribution is -2.32. The molecule has 0 aliphatic heterocycles. The van der Waals surface area contributed by atoms with Crippen LogP contribution in [0.3, 0.4) is 0 Å². The number of nitrogens with one attached hydrogen (secondary N) is 1. The molecule has 0 saturated carbocycles. The summed E-state index contributed by atoms with van der Waals surface area (Å²) in [6.07, 6.45) is 0.776. The van der Waals surface area contributed by atoms with E-state index in [9.17, 15) is 14.9 Å². The summed E-state index contributed by atoms with van der Waals surface area (Å²) >= 11 is 5.82. The second-order valence-electron chi connectivity index (χ2n) is 3.68. The first-order valence-electron chi connectivity index (χ1n) is 5.21. The van der Waals surface area contributed by atoms with Crippen molar-refractivity contribution in [2.24, 2.45) is 0 Å². The third-order valence-corrected chi connectivity index (χ3v) is 2.81. The van der Waals surface area contributed by atoms with Gasteiger partial charge >= 0.3 is 0 Å². The number of benzene rings is 1. The molecule has 1 aromatic carbocycles. The van der Waals surface area contributed by atoms with Crippen LogP contribution >= 0.6 is 11.6 Å². The van der Waals surface area contributed by atoms with Crippen molar-refractivity contribution in [2.75, 3.05) is 0 Å². The van der Waals surface area contributed by atoms with Crippen LogP contribution in [0.25, 0.3) is 0 Å². The van der Waals surface area contributed by atoms with Gasteiger partial charge in [0.1, 0.15) is 5.02 Å². The van der Waals surface area contributed by atoms with Gasteiger partial charge in [0.05, 0.1) is 10.5 Å². The van der Waals surface area contributed by atoms with E-state index in [1.54, 1.807) is 0 Å². The molecule has 0 saturated heterocycles. The van der Waals surface area contributed by atoms with Gasteiger partial charge in [0.2, 0.25) is 0 Å². The van der Waals surface area contributed by atoms with Gasteiger partial charge in [-0.3, -0.25) is 14.9 Å². The standard InChI is InChI=1S/C11H13ClN2O3/c1-3-7(2)13-11(15)8-5-4-6-9(10(8)12)14(16)17/h4-7H,3H2,1-2H3,(H,13,15). The van der Waals surface area contributed by atoms with Gasteiger partial charge in [-0.25, -0.2) is 0 Å². The van der Waals surface area contributed by atoms with Gasteiger partial charge in [0, 0.05) is 12.1 Å². The minimum Gasteiger partial charge on any atom is -0.350 e. The maximum atomic E-state index is 11.8. The molecule has 0 aromatic heterocycles. The highest BCUT2D eigenvalue weighted by Crippen LogP contribution is 2.27. The maximum Gasteiger partial charge on any atom is 0.288 e. The Morgan fingerprint density at radius 2 is 2.24 bits per heavy atom. The highest BCUT2D eigenvalue weighted by atomic mass is 35.5. The van der Waals surface area contributed by atoms with E-state index < -0.39 is 10.8 Å². The molecular formula is C11H13ClN2O3. The van der Waals surface area contributed by atoms with Crippen LogP contribution in [0.4, 0.5) is 5.69 Å². The number of nitro groups is 1. The molecule has 0 fully saturated rings. The van der Waals surface area contributed by atoms with Crippen molar-refractivity contribution in [3.8, 4) is 0 Å². The second kappa shape index (κ2) is 5.63. The topological polar surface area (TPSA) is 72.2 Å². The van der Waals surface area contributed by atoms with Crippen LogP contribution in [0, 0.1) is 10.1 Å². The van der Waals surface area contributed by atoms with E-state index in [1.807, 2.05) is 13.8 Å². The molecule has 0 spiro atoms. The van der Waals surface area contributed by atoms with Crippen molar-refractivity contribution < 1.29 is 9.72 Å². The van der Waals surface area contributed by atoms with Crippen molar-refractivity contribution in [3.63, 3.8) is 0 Å². The van der Waals surface area contributed by atoms with Crippen molar-refractivity contribution in [1.29, 1.82) is 0 Å². The number of amides is 1. The summed E-state index contributed by atoms with van der Waals surface area (Å²) in [5.74, 6) is -0.395. The van der Waals surface area contributed by atoms with Gasteiger partial charge in [-0.05, 0) is 19.4 Å². The lowest BCUT2D eigenvalue weighted by atomic mass is 10.1. The third-order valence-electron chi connectivity index (χ3n) is 2.41. The number of nitrogens with zero attached hydrogens (tertiary/aromatic N) is 1. The Hall–Kier alpha value is -1.62. The summed E-state index contributed by atoms with van der Waals surface area (Å²) in [6, 6.07) is 4.17. The molecule has 0 heterocycles. The molecule has 92 valence electrons. The van der Waals surface area contributed by atoms with Crippen LogP contribution in [-0.2, 0) is 0 Å². The van der Waals surface area contributed by atoms with Crippen molar-refractivity contribution in [1.82, 2.24) is 5.32 Å². The number of hydrogen-bond acceptors (Lipinski definition) is 3. The molecule has 1 N–H and O–H groups in total. The zero-order chi connectivity index (χ0) is 13.0. The van der Waals surface area contributed by atoms with E-state index in [4.69, 9.17) is 11.6 Å². The number of halogens is 1. The van der Waals surface area contributed by atoms with Crippen LogP contribution in [0.15, 0.2) is 18.2 Å². The normalized spacial score (nSPS) is 11.9. The molecule has 0 aliphatic carbocycles. The highest BCUT2D eigenvalue weighted by molar-refractivity contribution is 6.35. The number of rotatable bonds is 4. The summed E-state index contributed by atoms with van der Waals surface area (Å²) in [7, 11) is 0. The maximum absolute atomic E-state index is 11.8. The van der Waals surface area contributed by atoms with Gasteiger partial charge in [0.15, 0.2) is 0 Å². The smallest absolute Gasteiger partial charge is 0.288 e. The first-order chi connectivity index (χ1) is 7.97. The van der Waals surface area contributed by atoms with E-state index >= 15 is 0 Å². The predicted molar refractivity (Wildman–Crippen MR) is 65.3 cm³/mol. The van der Waals surface area contributed by atoms with Crippen LogP contribution < -0.4 is 5.32 Å². The van der Waals surface area contributed by atoms with Crippen molar-refractivity contribution in [3.05, 3.63) is 38.9 Å². The Morgan fingerprint density at radius 3 is 2.76 bits per heavy atom. The largest absolute Gasteiger partial charge is 0.350 e. The number of hydrogen-bond donors (Lipinski definition) is 1. The van der Waals surface area contributed by atoms with E-state index in [2.05, 4.69) is 5.32 Å². The molecule has 17 heavy (non-hydrogen) atoms. The quantitative estimate of drug-likeness (QED) is 0.665. The summed E-state index contributed by atoms with van der Waals surface area (Å²) in [6.45, 7) is 3.78. The number of nitro benzene ring substituents is 1. The van der Waals surface area contributed by atoms with Crippen molar-refractivity contribution in [2.45, 2.75) is 26.3 Å². The fraction of sp³-hybridized carbons (Fsp3) is 0.364. The van der Waals surface area contributed by atoms with Gasteiger partial charge < -0.3 is 5.32 Å². The summed E-state index contributed by atoms with van der Waals surface area (Å²) in [5.41, 5.74) is -0.135. The fourth-order valence-electron chi connectivity index (χ4n) is 1.24. The Morgan fingerprint density at radius 1 is 1.59 bits per heavy atom. The lowest BCUT2D eigenvalue weighted by molar-refractivity contribution is -0.384. The SMILES string of the molecule is CCC(C)NC(=O)c1cccc([N+](=O)[O-])c1Cl. The van der Waals surface area contributed by atoms with E-state index in [1.165, 1.54) is 18.2 Å². The average molecular weight is 257 g/mol. The fourth-order valence-corrected chi connectivity index (χ4v) is 1.52. The molecule has 1 atom stereocenters. The van der Waals surface area contributed by atoms with E-state index in [0.717, 1.165) is 6.42 Å². The molecule has 0 aliphatic rings. The molecule has 5 nitrogen and oxygen atoms in total. The Bertz CT molecular complexity index is 448. The Labute approximate surface area is 104 Å². The molecule has 6 heteroatoms. The number of carbonyl (C=O) groups excluding carboxylic acids is 1. The van der Waals surface area contributed by atoms with Crippen molar-refractivity contribution >= 4 is 23.2 Å². The lowest BCUT2D eigenvalue weighted by Gasteiger charge is -2.11. The highest BCUT2D eigenvalue weighted by Gasteiger charge is 2.20. The molecular weight excluding hydrogens is 244 g/mol. The molecule has 1 unspecified atom stereocenters. The van der Waals surface area contributed by atoms with Gasteiger partial charge in [-0.1, -0.05) is 24.6 Å². The van der Waals surface area contributed by atoms with Gasteiger partial charge in [-0.2, -0.15) is 0 Å². The molecule has 1 rings (SSSR count). The monoisotopic (exact) mass is 256 g/mol. The van der Waals surface area contributed by atoms with Crippen LogP contribution in [0.5, 0.6) is 0 Å². The Kier molecular flexibility index (Phi) is 4.45. The predicted octanol–water partition coefficient (Wildman–Crippen LogP) is 2.78. The van der Waals surface area contributed by atoms with E-state index in [-0.39, 0.29) is 22.3 Å². The second-order valence-corrected chi connectivity index (χ2v) is 4.06. The van der Waals surface area contributed by atoms with Gasteiger partial charge in [-0.15, -0.1) is 0 Å². The summed E-state index contributed by atoms with van der Waals surface area (Å²) in [5, 5.41) is 13.2. The van der Waals surface area contributed by atoms with Crippen LogP contribution in [-0.4, -0.2) is 16.9 Å². The zero-order valence-electron chi connectivity index (χ0n) is 9.57. The Balaban J connectivity index is 3.02. The van der Waals surface area contributed by atoms with Crippen LogP contribution in [0.1, 0.15) is 30.6 Å². The summed E-state index contributed by atoms with van der Waals surface area (Å²) in [4.78, 5) is 21.8. The van der Waals surface area contributed by atoms with Crippen LogP contribution in [0.2, 0.25) is 5.02 Å². The number of carbonyl (C=O) groups is 1. The van der Waals surface area contributed by atoms with Gasteiger partial charge in [0.25, 0.3) is 11.6 Å². The first kappa shape index (κ1) is 13.4. The molecule has 0 bridgehead atoms. The molecule has 1 amide bonds. The minimum absolute atomic E-state index is 0.00201. The summed E-state index contributed by atoms with van der Waals surface area (Å²) < 4.78 is 0. The molecule has 1 aromatic rings. The first-order valence-corrected chi connectivity index (χ1v) is 5.59. The molecule has 0 radical (unpaired) electrons. The average Bonchev–Trinajstić information content (AvgIpc) is 2.28. The van der Waals surface area contributed by atoms with E-state index in [0.29, 0.717) is 0 Å².